The van der Waals surface area contributed by atoms with E-state index in [4.69, 9.17) is 5.21 Å². The van der Waals surface area contributed by atoms with Gasteiger partial charge in [0, 0.05) is 23.8 Å². The number of nitroso groups, excluding NO2 is 1. The highest BCUT2D eigenvalue weighted by Crippen LogP contribution is 2.39. The summed E-state index contributed by atoms with van der Waals surface area (Å²) in [7, 11) is 0. The largest absolute Gasteiger partial charge is 0.507 e. The molecule has 0 heterocycles. The maximum absolute atomic E-state index is 10.8. The Morgan fingerprint density at radius 3 is 1.53 bits per heavy atom. The zero-order valence-corrected chi connectivity index (χ0v) is 23.8. The first-order valence-corrected chi connectivity index (χ1v) is 11.7. The molecule has 3 aromatic rings. The van der Waals surface area contributed by atoms with Crippen molar-refractivity contribution in [3.63, 3.8) is 0 Å². The van der Waals surface area contributed by atoms with Crippen molar-refractivity contribution >= 4 is 28.7 Å². The summed E-state index contributed by atoms with van der Waals surface area (Å²) >= 11 is 0. The number of para-hydroxylation sites is 1. The Kier molecular flexibility index (Phi) is 10.7. The summed E-state index contributed by atoms with van der Waals surface area (Å²) in [6, 6.07) is 14.5. The van der Waals surface area contributed by atoms with Crippen LogP contribution in [0.25, 0.3) is 0 Å². The minimum atomic E-state index is -0.129. The Balaban J connectivity index is 0.000000495. The summed E-state index contributed by atoms with van der Waals surface area (Å²) in [6.07, 6.45) is 0.521. The molecule has 0 bridgehead atoms. The molecule has 0 aliphatic carbocycles. The molecule has 4 N–H and O–H groups in total. The average molecular weight is 506 g/mol. The molecule has 3 aromatic carbocycles. The SMILES string of the molecule is Cc1cc(Cc2cc(C)cc(C(C)(C)C)c2O)c(O)c(C(C)(C)C)c1.O=Nc1ccccc1NO.[Al]. The van der Waals surface area contributed by atoms with Crippen molar-refractivity contribution in [2.75, 3.05) is 5.48 Å². The minimum Gasteiger partial charge on any atom is -0.507 e. The molecule has 191 valence electrons. The quantitative estimate of drug-likeness (QED) is 0.168. The van der Waals surface area contributed by atoms with E-state index in [1.165, 1.54) is 6.07 Å². The lowest BCUT2D eigenvalue weighted by molar-refractivity contribution is 0.389. The van der Waals surface area contributed by atoms with Crippen LogP contribution in [-0.4, -0.2) is 32.8 Å². The second-order valence-corrected chi connectivity index (χ2v) is 11.0. The molecular weight excluding hydrogens is 467 g/mol. The fourth-order valence-corrected chi connectivity index (χ4v) is 3.97. The number of nitrogens with zero attached hydrogens (tertiary/aromatic N) is 1. The molecule has 0 aromatic heterocycles. The molecule has 0 fully saturated rings. The number of hydrogen-bond donors (Lipinski definition) is 4. The lowest BCUT2D eigenvalue weighted by atomic mass is 9.81. The number of phenols is 2. The third-order valence-electron chi connectivity index (χ3n) is 5.79. The van der Waals surface area contributed by atoms with Crippen LogP contribution in [0.5, 0.6) is 11.5 Å². The third kappa shape index (κ3) is 7.83. The van der Waals surface area contributed by atoms with Crippen molar-refractivity contribution in [2.45, 2.75) is 72.6 Å². The van der Waals surface area contributed by atoms with E-state index >= 15 is 0 Å². The summed E-state index contributed by atoms with van der Waals surface area (Å²) in [5, 5.41) is 32.7. The topological polar surface area (TPSA) is 102 Å². The van der Waals surface area contributed by atoms with Crippen molar-refractivity contribution in [1.82, 2.24) is 0 Å². The van der Waals surface area contributed by atoms with Crippen molar-refractivity contribution in [1.29, 1.82) is 0 Å². The van der Waals surface area contributed by atoms with Crippen LogP contribution in [0.3, 0.4) is 0 Å². The van der Waals surface area contributed by atoms with Crippen LogP contribution in [0.1, 0.15) is 74.9 Å². The van der Waals surface area contributed by atoms with Gasteiger partial charge in [-0.3, -0.25) is 10.7 Å². The van der Waals surface area contributed by atoms with Crippen LogP contribution >= 0.6 is 0 Å². The molecule has 0 aliphatic heterocycles. The predicted molar refractivity (Wildman–Crippen MR) is 149 cm³/mol. The zero-order chi connectivity index (χ0) is 26.6. The Morgan fingerprint density at radius 1 is 0.778 bits per heavy atom. The number of rotatable bonds is 4. The van der Waals surface area contributed by atoms with Gasteiger partial charge in [-0.2, -0.15) is 0 Å². The molecular formula is C29H38AlN2O4. The number of hydrogen-bond acceptors (Lipinski definition) is 6. The highest BCUT2D eigenvalue weighted by Gasteiger charge is 2.24. The molecule has 0 saturated carbocycles. The van der Waals surface area contributed by atoms with E-state index in [2.05, 4.69) is 72.7 Å². The molecule has 3 radical (unpaired) electrons. The van der Waals surface area contributed by atoms with Gasteiger partial charge in [-0.1, -0.05) is 89.1 Å². The van der Waals surface area contributed by atoms with Gasteiger partial charge in [0.1, 0.15) is 17.2 Å². The molecule has 0 amide bonds. The first kappa shape index (κ1) is 31.2. The second kappa shape index (κ2) is 12.4. The van der Waals surface area contributed by atoms with E-state index in [0.717, 1.165) is 33.4 Å². The Labute approximate surface area is 225 Å². The monoisotopic (exact) mass is 505 g/mol. The lowest BCUT2D eigenvalue weighted by Gasteiger charge is -2.25. The predicted octanol–water partition coefficient (Wildman–Crippen LogP) is 7.41. The highest BCUT2D eigenvalue weighted by molar-refractivity contribution is 5.75. The van der Waals surface area contributed by atoms with Crippen LogP contribution in [0, 0.1) is 18.8 Å². The number of aromatic hydroxyl groups is 2. The molecule has 0 atom stereocenters. The molecule has 3 rings (SSSR count). The summed E-state index contributed by atoms with van der Waals surface area (Å²) in [5.41, 5.74) is 8.00. The highest BCUT2D eigenvalue weighted by atomic mass is 27.0. The van der Waals surface area contributed by atoms with Gasteiger partial charge in [-0.25, -0.2) is 0 Å². The maximum atomic E-state index is 10.8. The number of anilines is 1. The molecule has 0 aliphatic rings. The number of phenolic OH excluding ortho intramolecular Hbond substituents is 2. The van der Waals surface area contributed by atoms with Gasteiger partial charge in [-0.05, 0) is 64.2 Å². The third-order valence-corrected chi connectivity index (χ3v) is 5.79. The van der Waals surface area contributed by atoms with Gasteiger partial charge in [0.2, 0.25) is 0 Å². The van der Waals surface area contributed by atoms with Gasteiger partial charge >= 0.3 is 0 Å². The van der Waals surface area contributed by atoms with E-state index in [9.17, 15) is 15.1 Å². The molecule has 0 saturated heterocycles. The van der Waals surface area contributed by atoms with Crippen molar-refractivity contribution in [3.05, 3.63) is 86.8 Å². The van der Waals surface area contributed by atoms with Crippen molar-refractivity contribution < 1.29 is 15.4 Å². The van der Waals surface area contributed by atoms with Gasteiger partial charge in [0.25, 0.3) is 0 Å². The number of aryl methyl sites for hydroxylation is 2. The second-order valence-electron chi connectivity index (χ2n) is 11.0. The van der Waals surface area contributed by atoms with Gasteiger partial charge in [-0.15, -0.1) is 4.91 Å². The summed E-state index contributed by atoms with van der Waals surface area (Å²) in [5.74, 6) is 0.688. The van der Waals surface area contributed by atoms with Gasteiger partial charge in [0.15, 0.2) is 0 Å². The summed E-state index contributed by atoms with van der Waals surface area (Å²) in [4.78, 5) is 9.99. The molecule has 7 heteroatoms. The smallest absolute Gasteiger partial charge is 0.133 e. The average Bonchev–Trinajstić information content (AvgIpc) is 2.77. The minimum absolute atomic E-state index is 0. The Bertz CT molecular complexity index is 1130. The fourth-order valence-electron chi connectivity index (χ4n) is 3.97. The van der Waals surface area contributed by atoms with E-state index < -0.39 is 0 Å². The molecule has 36 heavy (non-hydrogen) atoms. The molecule has 0 spiro atoms. The zero-order valence-electron chi connectivity index (χ0n) is 22.6. The van der Waals surface area contributed by atoms with Crippen molar-refractivity contribution in [3.8, 4) is 11.5 Å². The number of nitrogens with one attached hydrogen (secondary N) is 1. The van der Waals surface area contributed by atoms with Crippen LogP contribution < -0.4 is 5.48 Å². The normalized spacial score (nSPS) is 11.1. The summed E-state index contributed by atoms with van der Waals surface area (Å²) in [6.45, 7) is 16.7. The lowest BCUT2D eigenvalue weighted by Crippen LogP contribution is -2.14. The maximum Gasteiger partial charge on any atom is 0.133 e. The van der Waals surface area contributed by atoms with Gasteiger partial charge in [0.05, 0.1) is 5.69 Å². The van der Waals surface area contributed by atoms with Crippen LogP contribution in [0.2, 0.25) is 0 Å². The Hall–Kier alpha value is -2.85. The molecule has 0 unspecified atom stereocenters. The van der Waals surface area contributed by atoms with Crippen LogP contribution in [0.4, 0.5) is 11.4 Å². The van der Waals surface area contributed by atoms with Gasteiger partial charge < -0.3 is 10.2 Å². The first-order valence-electron chi connectivity index (χ1n) is 11.7. The summed E-state index contributed by atoms with van der Waals surface area (Å²) < 4.78 is 0. The van der Waals surface area contributed by atoms with E-state index in [-0.39, 0.29) is 33.9 Å². The van der Waals surface area contributed by atoms with Crippen LogP contribution in [0.15, 0.2) is 53.7 Å². The molecule has 6 nitrogen and oxygen atoms in total. The fraction of sp³-hybridized carbons (Fsp3) is 0.379. The number of benzene rings is 3. The van der Waals surface area contributed by atoms with Crippen molar-refractivity contribution in [2.24, 2.45) is 5.18 Å². The van der Waals surface area contributed by atoms with E-state index in [0.29, 0.717) is 23.6 Å². The van der Waals surface area contributed by atoms with E-state index in [1.54, 1.807) is 18.2 Å². The van der Waals surface area contributed by atoms with Crippen LogP contribution in [-0.2, 0) is 17.3 Å². The van der Waals surface area contributed by atoms with E-state index in [1.807, 2.05) is 17.6 Å². The Morgan fingerprint density at radius 2 is 1.19 bits per heavy atom. The first-order chi connectivity index (χ1) is 16.2. The standard InChI is InChI=1S/C23H32O2.C6H6N2O2.Al/c1-14-9-16(20(24)18(11-14)22(3,4)5)13-17-10-15(2)12-19(21(17)25)23(6,7)8;9-7-5-3-1-2-4-6(5)8-10;/h9-12,24-25H,13H2,1-8H3;1-4,7,9H;.